The zero-order valence-electron chi connectivity index (χ0n) is 36.6. The van der Waals surface area contributed by atoms with Crippen molar-refractivity contribution in [1.29, 1.82) is 0 Å². The Kier molecular flexibility index (Phi) is 9.17. The summed E-state index contributed by atoms with van der Waals surface area (Å²) in [7, 11) is 0. The second kappa shape index (κ2) is 16.0. The Bertz CT molecular complexity index is 3930. The highest BCUT2D eigenvalue weighted by atomic mass is 16.3. The van der Waals surface area contributed by atoms with Crippen LogP contribution in [0.5, 0.6) is 0 Å². The third-order valence-electron chi connectivity index (χ3n) is 13.4. The average Bonchev–Trinajstić information content (AvgIpc) is 3.95. The van der Waals surface area contributed by atoms with Gasteiger partial charge in [0.1, 0.15) is 11.2 Å². The van der Waals surface area contributed by atoms with E-state index >= 15 is 0 Å². The maximum atomic E-state index is 6.55. The number of aromatic nitrogens is 1. The Morgan fingerprint density at radius 2 is 0.776 bits per heavy atom. The lowest BCUT2D eigenvalue weighted by molar-refractivity contribution is 0.670. The first-order valence-electron chi connectivity index (χ1n) is 22.9. The van der Waals surface area contributed by atoms with Gasteiger partial charge in [0.05, 0.1) is 22.4 Å². The Morgan fingerprint density at radius 1 is 0.299 bits per heavy atom. The summed E-state index contributed by atoms with van der Waals surface area (Å²) < 4.78 is 8.98. The minimum atomic E-state index is 0.898. The number of furan rings is 1. The summed E-state index contributed by atoms with van der Waals surface area (Å²) in [6.07, 6.45) is 0. The average molecular weight is 855 g/mol. The maximum Gasteiger partial charge on any atom is 0.143 e. The zero-order valence-corrected chi connectivity index (χ0v) is 36.6. The van der Waals surface area contributed by atoms with E-state index in [1.807, 2.05) is 12.1 Å². The summed E-state index contributed by atoms with van der Waals surface area (Å²) in [6.45, 7) is 0. The smallest absolute Gasteiger partial charge is 0.143 e. The molecular formula is C64H42N2O. The second-order valence-electron chi connectivity index (χ2n) is 17.2. The molecule has 0 radical (unpaired) electrons. The van der Waals surface area contributed by atoms with E-state index in [1.54, 1.807) is 0 Å². The van der Waals surface area contributed by atoms with Gasteiger partial charge in [0.15, 0.2) is 0 Å². The lowest BCUT2D eigenvalue weighted by atomic mass is 9.93. The Hall–Kier alpha value is -8.92. The van der Waals surface area contributed by atoms with Gasteiger partial charge in [0.2, 0.25) is 0 Å². The number of para-hydroxylation sites is 6. The molecule has 2 heterocycles. The van der Waals surface area contributed by atoms with Crippen molar-refractivity contribution in [3.63, 3.8) is 0 Å². The minimum absolute atomic E-state index is 0.898. The topological polar surface area (TPSA) is 21.3 Å². The highest BCUT2D eigenvalue weighted by Crippen LogP contribution is 2.46. The molecule has 0 atom stereocenters. The Morgan fingerprint density at radius 3 is 1.51 bits per heavy atom. The fourth-order valence-corrected chi connectivity index (χ4v) is 10.4. The van der Waals surface area contributed by atoms with Crippen molar-refractivity contribution in [3.05, 3.63) is 255 Å². The van der Waals surface area contributed by atoms with E-state index in [2.05, 4.69) is 252 Å². The fourth-order valence-electron chi connectivity index (χ4n) is 10.4. The summed E-state index contributed by atoms with van der Waals surface area (Å²) in [6, 6.07) is 91.9. The molecule has 13 rings (SSSR count). The normalized spacial score (nSPS) is 11.6. The third-order valence-corrected chi connectivity index (χ3v) is 13.4. The van der Waals surface area contributed by atoms with Crippen molar-refractivity contribution in [1.82, 2.24) is 4.57 Å². The molecular weight excluding hydrogens is 813 g/mol. The van der Waals surface area contributed by atoms with Crippen molar-refractivity contribution in [2.45, 2.75) is 0 Å². The molecule has 314 valence electrons. The number of nitrogens with zero attached hydrogens (tertiary/aromatic N) is 2. The van der Waals surface area contributed by atoms with Gasteiger partial charge in [-0.05, 0) is 93.2 Å². The first-order valence-corrected chi connectivity index (χ1v) is 22.9. The predicted octanol–water partition coefficient (Wildman–Crippen LogP) is 18.0. The lowest BCUT2D eigenvalue weighted by Crippen LogP contribution is -2.11. The zero-order chi connectivity index (χ0) is 44.3. The molecule has 67 heavy (non-hydrogen) atoms. The van der Waals surface area contributed by atoms with Gasteiger partial charge in [0.25, 0.3) is 0 Å². The van der Waals surface area contributed by atoms with E-state index in [0.29, 0.717) is 0 Å². The van der Waals surface area contributed by atoms with Crippen LogP contribution in [0.4, 0.5) is 17.1 Å². The van der Waals surface area contributed by atoms with E-state index in [4.69, 9.17) is 4.42 Å². The first kappa shape index (κ1) is 38.5. The molecule has 0 saturated heterocycles. The summed E-state index contributed by atoms with van der Waals surface area (Å²) in [5.74, 6) is 0. The van der Waals surface area contributed by atoms with Gasteiger partial charge in [0, 0.05) is 49.6 Å². The van der Waals surface area contributed by atoms with Gasteiger partial charge in [-0.25, -0.2) is 0 Å². The van der Waals surface area contributed by atoms with E-state index in [0.717, 1.165) is 78.1 Å². The van der Waals surface area contributed by atoms with Crippen LogP contribution in [0.15, 0.2) is 259 Å². The number of anilines is 3. The van der Waals surface area contributed by atoms with Crippen LogP contribution in [0.1, 0.15) is 0 Å². The van der Waals surface area contributed by atoms with E-state index in [-0.39, 0.29) is 0 Å². The predicted molar refractivity (Wildman–Crippen MR) is 282 cm³/mol. The van der Waals surface area contributed by atoms with Crippen LogP contribution in [-0.2, 0) is 0 Å². The van der Waals surface area contributed by atoms with Gasteiger partial charge in [-0.1, -0.05) is 200 Å². The van der Waals surface area contributed by atoms with E-state index in [1.165, 1.54) is 43.7 Å². The molecule has 13 aromatic rings. The number of fused-ring (bicyclic) bond motifs is 7. The molecule has 0 aliphatic rings. The molecule has 0 saturated carbocycles. The van der Waals surface area contributed by atoms with Crippen LogP contribution >= 0.6 is 0 Å². The molecule has 0 unspecified atom stereocenters. The summed E-state index contributed by atoms with van der Waals surface area (Å²) in [5, 5.41) is 7.21. The molecule has 0 aliphatic carbocycles. The van der Waals surface area contributed by atoms with Crippen LogP contribution < -0.4 is 4.90 Å². The van der Waals surface area contributed by atoms with Crippen molar-refractivity contribution in [2.75, 3.05) is 4.90 Å². The largest absolute Gasteiger partial charge is 0.455 e. The molecule has 0 spiro atoms. The van der Waals surface area contributed by atoms with Crippen LogP contribution in [0.2, 0.25) is 0 Å². The monoisotopic (exact) mass is 854 g/mol. The summed E-state index contributed by atoms with van der Waals surface area (Å²) in [4.78, 5) is 2.41. The van der Waals surface area contributed by atoms with Crippen molar-refractivity contribution in [3.8, 4) is 50.2 Å². The Labute approximate surface area is 388 Å². The quantitative estimate of drug-likeness (QED) is 0.152. The van der Waals surface area contributed by atoms with Gasteiger partial charge < -0.3 is 13.9 Å². The molecule has 0 fully saturated rings. The molecule has 2 aromatic heterocycles. The van der Waals surface area contributed by atoms with Crippen LogP contribution in [-0.4, -0.2) is 4.57 Å². The SMILES string of the molecule is c1ccc(-c2cccc3c2oc2ccccc23)c(-c2ccc(N(c3ccc(-c4cccc5ccccc45)cc3)c3ccccc3-c3ccccc3-n3c4ccccc4c4ccccc43)cc2)c1. The first-order chi connectivity index (χ1) is 33.3. The number of hydrogen-bond acceptors (Lipinski definition) is 2. The van der Waals surface area contributed by atoms with Crippen LogP contribution in [0, 0.1) is 0 Å². The highest BCUT2D eigenvalue weighted by Gasteiger charge is 2.22. The van der Waals surface area contributed by atoms with Gasteiger partial charge in [-0.15, -0.1) is 0 Å². The molecule has 0 amide bonds. The van der Waals surface area contributed by atoms with E-state index in [9.17, 15) is 0 Å². The standard InChI is InChI=1S/C64H42N2O/c1-2-19-48-43(17-1)18-15-27-49(48)44-35-39-46(40-36-44)65(47-41-37-45(38-42-47)50-20-3-4-21-51(50)57-28-16-29-58-56-26-9-14-34-63(56)67-64(57)58)59-30-10-5-22-52(59)53-23-6-11-31-60(53)66-61-32-12-7-24-54(61)55-25-8-13-33-62(55)66/h1-42H. The second-order valence-corrected chi connectivity index (χ2v) is 17.2. The molecule has 0 aliphatic heterocycles. The molecule has 3 nitrogen and oxygen atoms in total. The maximum absolute atomic E-state index is 6.55. The van der Waals surface area contributed by atoms with Crippen molar-refractivity contribution >= 4 is 71.6 Å². The number of benzene rings is 11. The molecule has 11 aromatic carbocycles. The molecule has 0 N–H and O–H groups in total. The van der Waals surface area contributed by atoms with Gasteiger partial charge >= 0.3 is 0 Å². The minimum Gasteiger partial charge on any atom is -0.455 e. The summed E-state index contributed by atoms with van der Waals surface area (Å²) in [5.41, 5.74) is 17.7. The van der Waals surface area contributed by atoms with Crippen LogP contribution in [0.3, 0.4) is 0 Å². The molecule has 0 bridgehead atoms. The van der Waals surface area contributed by atoms with Gasteiger partial charge in [-0.2, -0.15) is 0 Å². The van der Waals surface area contributed by atoms with Crippen molar-refractivity contribution in [2.24, 2.45) is 0 Å². The Balaban J connectivity index is 0.972. The highest BCUT2D eigenvalue weighted by molar-refractivity contribution is 6.11. The lowest BCUT2D eigenvalue weighted by Gasteiger charge is -2.29. The third kappa shape index (κ3) is 6.43. The summed E-state index contributed by atoms with van der Waals surface area (Å²) >= 11 is 0. The van der Waals surface area contributed by atoms with E-state index < -0.39 is 0 Å². The number of hydrogen-bond donors (Lipinski definition) is 0. The van der Waals surface area contributed by atoms with Gasteiger partial charge in [-0.3, -0.25) is 0 Å². The van der Waals surface area contributed by atoms with Crippen LogP contribution in [0.25, 0.3) is 105 Å². The van der Waals surface area contributed by atoms with Crippen molar-refractivity contribution < 1.29 is 4.42 Å². The number of rotatable bonds is 8. The molecule has 3 heteroatoms. The fraction of sp³-hybridized carbons (Fsp3) is 0.